The lowest BCUT2D eigenvalue weighted by molar-refractivity contribution is 0.0961. The van der Waals surface area contributed by atoms with Gasteiger partial charge in [0, 0.05) is 36.9 Å². The van der Waals surface area contributed by atoms with E-state index in [0.717, 1.165) is 43.1 Å². The van der Waals surface area contributed by atoms with Gasteiger partial charge in [-0.3, -0.25) is 4.98 Å². The summed E-state index contributed by atoms with van der Waals surface area (Å²) in [6, 6.07) is 18.2. The van der Waals surface area contributed by atoms with Crippen molar-refractivity contribution in [1.82, 2.24) is 14.9 Å². The summed E-state index contributed by atoms with van der Waals surface area (Å²) >= 11 is 5.82. The summed E-state index contributed by atoms with van der Waals surface area (Å²) in [5.41, 5.74) is 3.18. The van der Waals surface area contributed by atoms with Crippen molar-refractivity contribution in [2.45, 2.75) is 37.6 Å². The number of nitrogens with zero attached hydrogens (tertiary/aromatic N) is 3. The molecule has 1 N–H and O–H groups in total. The van der Waals surface area contributed by atoms with Gasteiger partial charge in [0.05, 0.1) is 24.9 Å². The molecule has 3 atom stereocenters. The zero-order valence-electron chi connectivity index (χ0n) is 17.5. The Morgan fingerprint density at radius 3 is 2.74 bits per heavy atom. The number of anilines is 1. The van der Waals surface area contributed by atoms with E-state index in [1.165, 1.54) is 5.69 Å². The van der Waals surface area contributed by atoms with Crippen LogP contribution in [0.25, 0.3) is 0 Å². The van der Waals surface area contributed by atoms with Gasteiger partial charge in [0.2, 0.25) is 0 Å². The van der Waals surface area contributed by atoms with Gasteiger partial charge in [-0.05, 0) is 73.6 Å². The van der Waals surface area contributed by atoms with E-state index < -0.39 is 0 Å². The minimum absolute atomic E-state index is 0.0350. The molecule has 0 amide bonds. The molecular formula is C24H26N4O2S. The summed E-state index contributed by atoms with van der Waals surface area (Å²) < 4.78 is 13.6. The lowest BCUT2D eigenvalue weighted by Gasteiger charge is -2.29. The third-order valence-electron chi connectivity index (χ3n) is 6.04. The predicted octanol–water partition coefficient (Wildman–Crippen LogP) is 4.25. The fourth-order valence-corrected chi connectivity index (χ4v) is 4.89. The van der Waals surface area contributed by atoms with Crippen molar-refractivity contribution in [3.63, 3.8) is 0 Å². The number of thiocarbonyl (C=S) groups is 1. The van der Waals surface area contributed by atoms with Crippen LogP contribution in [0.15, 0.2) is 67.0 Å². The maximum Gasteiger partial charge on any atom is 0.174 e. The van der Waals surface area contributed by atoms with E-state index in [9.17, 15) is 0 Å². The van der Waals surface area contributed by atoms with Crippen LogP contribution in [-0.4, -0.2) is 34.5 Å². The fourth-order valence-electron chi connectivity index (χ4n) is 4.55. The Morgan fingerprint density at radius 1 is 1.16 bits per heavy atom. The van der Waals surface area contributed by atoms with Crippen LogP contribution >= 0.6 is 12.2 Å². The molecule has 2 aromatic heterocycles. The summed E-state index contributed by atoms with van der Waals surface area (Å²) in [6.45, 7) is 1.70. The van der Waals surface area contributed by atoms with Crippen LogP contribution in [0, 0.1) is 0 Å². The molecule has 2 fully saturated rings. The van der Waals surface area contributed by atoms with Crippen LogP contribution in [0.1, 0.15) is 36.3 Å². The molecule has 7 heteroatoms. The lowest BCUT2D eigenvalue weighted by atomic mass is 10.0. The predicted molar refractivity (Wildman–Crippen MR) is 124 cm³/mol. The van der Waals surface area contributed by atoms with Crippen molar-refractivity contribution in [2.75, 3.05) is 18.6 Å². The number of methoxy groups -OCH3 is 1. The van der Waals surface area contributed by atoms with Crippen molar-refractivity contribution in [3.05, 3.63) is 78.4 Å². The number of pyridine rings is 1. The average molecular weight is 435 g/mol. The molecule has 2 saturated heterocycles. The van der Waals surface area contributed by atoms with Crippen LogP contribution in [-0.2, 0) is 11.3 Å². The van der Waals surface area contributed by atoms with E-state index in [-0.39, 0.29) is 18.2 Å². The Kier molecular flexibility index (Phi) is 5.61. The van der Waals surface area contributed by atoms with Crippen molar-refractivity contribution in [2.24, 2.45) is 0 Å². The third-order valence-corrected chi connectivity index (χ3v) is 6.36. The van der Waals surface area contributed by atoms with Gasteiger partial charge in [-0.2, -0.15) is 0 Å². The van der Waals surface area contributed by atoms with Gasteiger partial charge >= 0.3 is 0 Å². The highest BCUT2D eigenvalue weighted by atomic mass is 32.1. The van der Waals surface area contributed by atoms with Crippen molar-refractivity contribution in [3.8, 4) is 5.75 Å². The van der Waals surface area contributed by atoms with Crippen LogP contribution in [0.5, 0.6) is 5.75 Å². The maximum atomic E-state index is 5.91. The average Bonchev–Trinajstić information content (AvgIpc) is 3.55. The molecule has 0 aliphatic carbocycles. The standard InChI is InChI=1S/C24H26N4O2S/c1-29-18-11-9-17(10-12-18)28-23(22(26-24(28)31)20-7-2-3-13-25-20)21-8-4-14-27(21)16-19-6-5-15-30-19/h2-4,7-14,19,22-23H,5-6,15-16H2,1H3,(H,26,31)/t19-,22-,23-/m1/s1. The highest BCUT2D eigenvalue weighted by Crippen LogP contribution is 2.42. The smallest absolute Gasteiger partial charge is 0.174 e. The molecule has 0 bridgehead atoms. The van der Waals surface area contributed by atoms with Gasteiger partial charge < -0.3 is 24.3 Å². The van der Waals surface area contributed by atoms with Gasteiger partial charge in [-0.15, -0.1) is 0 Å². The fraction of sp³-hybridized carbons (Fsp3) is 0.333. The Balaban J connectivity index is 1.56. The summed E-state index contributed by atoms with van der Waals surface area (Å²) in [6.07, 6.45) is 6.46. The number of rotatable bonds is 6. The zero-order chi connectivity index (χ0) is 21.2. The second-order valence-corrected chi connectivity index (χ2v) is 8.30. The van der Waals surface area contributed by atoms with E-state index in [4.69, 9.17) is 21.7 Å². The molecule has 2 aliphatic heterocycles. The van der Waals surface area contributed by atoms with Crippen LogP contribution < -0.4 is 15.0 Å². The number of hydrogen-bond acceptors (Lipinski definition) is 4. The quantitative estimate of drug-likeness (QED) is 0.586. The van der Waals surface area contributed by atoms with Crippen molar-refractivity contribution in [1.29, 1.82) is 0 Å². The minimum Gasteiger partial charge on any atom is -0.497 e. The first-order chi connectivity index (χ1) is 15.2. The Hall–Kier alpha value is -2.90. The van der Waals surface area contributed by atoms with Crippen LogP contribution in [0.2, 0.25) is 0 Å². The summed E-state index contributed by atoms with van der Waals surface area (Å²) in [7, 11) is 1.68. The molecule has 0 unspecified atom stereocenters. The topological polar surface area (TPSA) is 51.5 Å². The van der Waals surface area contributed by atoms with E-state index in [1.54, 1.807) is 7.11 Å². The molecule has 6 nitrogen and oxygen atoms in total. The molecule has 0 spiro atoms. The number of benzene rings is 1. The van der Waals surface area contributed by atoms with E-state index >= 15 is 0 Å². The molecule has 4 heterocycles. The maximum absolute atomic E-state index is 5.91. The first-order valence-corrected chi connectivity index (χ1v) is 11.1. The molecule has 0 radical (unpaired) electrons. The summed E-state index contributed by atoms with van der Waals surface area (Å²) in [5.74, 6) is 0.821. The molecular weight excluding hydrogens is 408 g/mol. The highest BCUT2D eigenvalue weighted by Gasteiger charge is 2.42. The summed E-state index contributed by atoms with van der Waals surface area (Å²) in [4.78, 5) is 6.83. The van der Waals surface area contributed by atoms with Gasteiger partial charge in [0.25, 0.3) is 0 Å². The number of aromatic nitrogens is 2. The van der Waals surface area contributed by atoms with Gasteiger partial charge in [0.1, 0.15) is 11.8 Å². The van der Waals surface area contributed by atoms with E-state index in [2.05, 4.69) is 44.2 Å². The van der Waals surface area contributed by atoms with Crippen LogP contribution in [0.4, 0.5) is 5.69 Å². The zero-order valence-corrected chi connectivity index (χ0v) is 18.3. The molecule has 1 aromatic carbocycles. The lowest BCUT2D eigenvalue weighted by Crippen LogP contribution is -2.31. The van der Waals surface area contributed by atoms with Crippen LogP contribution in [0.3, 0.4) is 0 Å². The molecule has 3 aromatic rings. The first kappa shape index (κ1) is 20.0. The first-order valence-electron chi connectivity index (χ1n) is 10.7. The molecule has 160 valence electrons. The largest absolute Gasteiger partial charge is 0.497 e. The second-order valence-electron chi connectivity index (χ2n) is 7.92. The molecule has 2 aliphatic rings. The monoisotopic (exact) mass is 434 g/mol. The van der Waals surface area contributed by atoms with Crippen molar-refractivity contribution >= 4 is 23.0 Å². The normalized spacial score (nSPS) is 23.2. The van der Waals surface area contributed by atoms with Crippen molar-refractivity contribution < 1.29 is 9.47 Å². The second kappa shape index (κ2) is 8.69. The minimum atomic E-state index is -0.0612. The molecule has 31 heavy (non-hydrogen) atoms. The SMILES string of the molecule is COc1ccc(N2C(=S)N[C@H](c3ccccn3)[C@H]2c2cccn2C[C@H]2CCCO2)cc1. The summed E-state index contributed by atoms with van der Waals surface area (Å²) in [5, 5.41) is 4.22. The van der Waals surface area contributed by atoms with Gasteiger partial charge in [0.15, 0.2) is 5.11 Å². The Labute approximate surface area is 187 Å². The number of hydrogen-bond donors (Lipinski definition) is 1. The van der Waals surface area contributed by atoms with Gasteiger partial charge in [-0.1, -0.05) is 6.07 Å². The molecule has 5 rings (SSSR count). The van der Waals surface area contributed by atoms with E-state index in [0.29, 0.717) is 5.11 Å². The molecule has 0 saturated carbocycles. The highest BCUT2D eigenvalue weighted by molar-refractivity contribution is 7.80. The Bertz CT molecular complexity index is 1030. The Morgan fingerprint density at radius 2 is 2.03 bits per heavy atom. The van der Waals surface area contributed by atoms with Gasteiger partial charge in [-0.25, -0.2) is 0 Å². The number of nitrogens with one attached hydrogen (secondary N) is 1. The number of ether oxygens (including phenoxy) is 2. The third kappa shape index (κ3) is 3.91. The van der Waals surface area contributed by atoms with E-state index in [1.807, 2.05) is 42.6 Å².